The Labute approximate surface area is 105 Å². The number of carboxylic acids is 1. The highest BCUT2D eigenvalue weighted by molar-refractivity contribution is 6.27. The summed E-state index contributed by atoms with van der Waals surface area (Å²) in [5.74, 6) is -1.73. The molecule has 0 aromatic heterocycles. The number of hydrogen-bond donors (Lipinski definition) is 2. The predicted octanol–water partition coefficient (Wildman–Crippen LogP) is 1.43. The van der Waals surface area contributed by atoms with Gasteiger partial charge in [0.05, 0.1) is 0 Å². The van der Waals surface area contributed by atoms with Crippen LogP contribution in [0.3, 0.4) is 0 Å². The van der Waals surface area contributed by atoms with Crippen LogP contribution in [-0.4, -0.2) is 28.9 Å². The number of alkyl halides is 1. The normalized spacial score (nSPS) is 11.8. The molecule has 0 heterocycles. The van der Waals surface area contributed by atoms with Gasteiger partial charge in [-0.3, -0.25) is 4.79 Å². The number of aliphatic carboxylic acids is 1. The van der Waals surface area contributed by atoms with E-state index in [0.717, 1.165) is 5.56 Å². The van der Waals surface area contributed by atoms with Crippen LogP contribution in [0.25, 0.3) is 0 Å². The second-order valence-corrected chi connectivity index (χ2v) is 3.88. The lowest BCUT2D eigenvalue weighted by atomic mass is 10.1. The van der Waals surface area contributed by atoms with Crippen molar-refractivity contribution in [2.24, 2.45) is 0 Å². The molecule has 0 unspecified atom stereocenters. The van der Waals surface area contributed by atoms with E-state index >= 15 is 0 Å². The summed E-state index contributed by atoms with van der Waals surface area (Å²) in [6.45, 7) is 0. The number of aryl methyl sites for hydroxylation is 1. The van der Waals surface area contributed by atoms with E-state index in [4.69, 9.17) is 16.7 Å². The Hall–Kier alpha value is -1.55. The lowest BCUT2D eigenvalue weighted by Gasteiger charge is -2.13. The quantitative estimate of drug-likeness (QED) is 0.756. The van der Waals surface area contributed by atoms with Gasteiger partial charge in [-0.1, -0.05) is 30.3 Å². The van der Waals surface area contributed by atoms with Crippen LogP contribution in [0.1, 0.15) is 12.0 Å². The summed E-state index contributed by atoms with van der Waals surface area (Å²) in [6, 6.07) is 8.63. The third kappa shape index (κ3) is 4.87. The maximum atomic E-state index is 11.0. The van der Waals surface area contributed by atoms with Crippen molar-refractivity contribution < 1.29 is 14.7 Å². The van der Waals surface area contributed by atoms with E-state index in [1.807, 2.05) is 30.3 Å². The molecule has 1 atom stereocenters. The third-order valence-electron chi connectivity index (χ3n) is 2.32. The van der Waals surface area contributed by atoms with E-state index in [-0.39, 0.29) is 5.88 Å². The fraction of sp³-hybridized carbons (Fsp3) is 0.333. The maximum Gasteiger partial charge on any atom is 0.326 e. The van der Waals surface area contributed by atoms with Crippen molar-refractivity contribution in [3.8, 4) is 0 Å². The predicted molar refractivity (Wildman–Crippen MR) is 65.0 cm³/mol. The molecule has 0 bridgehead atoms. The zero-order valence-corrected chi connectivity index (χ0v) is 9.98. The maximum absolute atomic E-state index is 11.0. The molecule has 0 aliphatic carbocycles. The zero-order valence-electron chi connectivity index (χ0n) is 9.23. The topological polar surface area (TPSA) is 66.4 Å². The van der Waals surface area contributed by atoms with Crippen molar-refractivity contribution in [1.82, 2.24) is 5.32 Å². The first-order valence-electron chi connectivity index (χ1n) is 5.25. The summed E-state index contributed by atoms with van der Waals surface area (Å²) < 4.78 is 0. The first-order chi connectivity index (χ1) is 8.13. The van der Waals surface area contributed by atoms with E-state index in [0.29, 0.717) is 12.8 Å². The number of benzene rings is 1. The van der Waals surface area contributed by atoms with Gasteiger partial charge in [0.15, 0.2) is 0 Å². The molecular formula is C12H14ClNO3. The second-order valence-electron chi connectivity index (χ2n) is 3.62. The first-order valence-corrected chi connectivity index (χ1v) is 5.79. The monoisotopic (exact) mass is 255 g/mol. The van der Waals surface area contributed by atoms with Gasteiger partial charge in [-0.2, -0.15) is 0 Å². The summed E-state index contributed by atoms with van der Waals surface area (Å²) in [5.41, 5.74) is 1.04. The number of halogens is 1. The number of carboxylic acid groups (broad SMARTS) is 1. The fourth-order valence-electron chi connectivity index (χ4n) is 1.45. The second kappa shape index (κ2) is 6.91. The molecule has 1 amide bonds. The molecule has 0 radical (unpaired) electrons. The van der Waals surface area contributed by atoms with Crippen LogP contribution in [-0.2, 0) is 16.0 Å². The van der Waals surface area contributed by atoms with Crippen molar-refractivity contribution in [2.45, 2.75) is 18.9 Å². The van der Waals surface area contributed by atoms with Gasteiger partial charge in [0, 0.05) is 0 Å². The Bertz CT molecular complexity index is 381. The van der Waals surface area contributed by atoms with Crippen LogP contribution < -0.4 is 5.32 Å². The third-order valence-corrected chi connectivity index (χ3v) is 2.56. The number of rotatable bonds is 6. The standard InChI is InChI=1S/C12H14ClNO3/c13-8-11(15)14-10(12(16)17)7-6-9-4-2-1-3-5-9/h1-5,10H,6-8H2,(H,14,15)(H,16,17)/t10-/m0/s1. The molecule has 92 valence electrons. The number of nitrogens with one attached hydrogen (secondary N) is 1. The molecular weight excluding hydrogens is 242 g/mol. The molecule has 0 aliphatic rings. The Morgan fingerprint density at radius 2 is 1.94 bits per heavy atom. The van der Waals surface area contributed by atoms with Crippen LogP contribution >= 0.6 is 11.6 Å². The Balaban J connectivity index is 2.50. The molecule has 0 saturated carbocycles. The molecule has 4 nitrogen and oxygen atoms in total. The van der Waals surface area contributed by atoms with Gasteiger partial charge in [-0.15, -0.1) is 11.6 Å². The van der Waals surface area contributed by atoms with Gasteiger partial charge in [0.25, 0.3) is 0 Å². The molecule has 1 aromatic rings. The average molecular weight is 256 g/mol. The molecule has 0 aliphatic heterocycles. The van der Waals surface area contributed by atoms with Crippen molar-refractivity contribution in [2.75, 3.05) is 5.88 Å². The van der Waals surface area contributed by atoms with Gasteiger partial charge in [0.1, 0.15) is 11.9 Å². The van der Waals surface area contributed by atoms with Crippen LogP contribution in [0.4, 0.5) is 0 Å². The summed E-state index contributed by atoms with van der Waals surface area (Å²) in [7, 11) is 0. The first kappa shape index (κ1) is 13.5. The molecule has 2 N–H and O–H groups in total. The van der Waals surface area contributed by atoms with Crippen molar-refractivity contribution in [3.05, 3.63) is 35.9 Å². The van der Waals surface area contributed by atoms with E-state index in [2.05, 4.69) is 5.32 Å². The van der Waals surface area contributed by atoms with Crippen molar-refractivity contribution >= 4 is 23.5 Å². The molecule has 17 heavy (non-hydrogen) atoms. The molecule has 5 heteroatoms. The van der Waals surface area contributed by atoms with Crippen molar-refractivity contribution in [3.63, 3.8) is 0 Å². The summed E-state index contributed by atoms with van der Waals surface area (Å²) >= 11 is 5.31. The molecule has 0 saturated heterocycles. The van der Waals surface area contributed by atoms with Gasteiger partial charge in [-0.25, -0.2) is 4.79 Å². The summed E-state index contributed by atoms with van der Waals surface area (Å²) in [5, 5.41) is 11.3. The minimum atomic E-state index is -1.04. The minimum Gasteiger partial charge on any atom is -0.480 e. The largest absolute Gasteiger partial charge is 0.480 e. The molecule has 0 fully saturated rings. The Kier molecular flexibility index (Phi) is 5.49. The van der Waals surface area contributed by atoms with Crippen LogP contribution in [0, 0.1) is 0 Å². The zero-order chi connectivity index (χ0) is 12.7. The highest BCUT2D eigenvalue weighted by Crippen LogP contribution is 2.05. The van der Waals surface area contributed by atoms with E-state index in [1.54, 1.807) is 0 Å². The van der Waals surface area contributed by atoms with Crippen LogP contribution in [0.2, 0.25) is 0 Å². The summed E-state index contributed by atoms with van der Waals surface area (Å²) in [6.07, 6.45) is 0.947. The number of carbonyl (C=O) groups is 2. The van der Waals surface area contributed by atoms with Gasteiger partial charge in [0.2, 0.25) is 5.91 Å². The van der Waals surface area contributed by atoms with E-state index in [1.165, 1.54) is 0 Å². The highest BCUT2D eigenvalue weighted by atomic mass is 35.5. The smallest absolute Gasteiger partial charge is 0.326 e. The van der Waals surface area contributed by atoms with Crippen LogP contribution in [0.15, 0.2) is 30.3 Å². The fourth-order valence-corrected chi connectivity index (χ4v) is 1.52. The van der Waals surface area contributed by atoms with E-state index < -0.39 is 17.9 Å². The lowest BCUT2D eigenvalue weighted by molar-refractivity contribution is -0.141. The van der Waals surface area contributed by atoms with Crippen LogP contribution in [0.5, 0.6) is 0 Å². The molecule has 1 aromatic carbocycles. The number of carbonyl (C=O) groups excluding carboxylic acids is 1. The summed E-state index contributed by atoms with van der Waals surface area (Å²) in [4.78, 5) is 21.9. The van der Waals surface area contributed by atoms with E-state index in [9.17, 15) is 9.59 Å². The number of amides is 1. The van der Waals surface area contributed by atoms with Gasteiger partial charge in [-0.05, 0) is 18.4 Å². The van der Waals surface area contributed by atoms with Gasteiger partial charge < -0.3 is 10.4 Å². The molecule has 0 spiro atoms. The van der Waals surface area contributed by atoms with Gasteiger partial charge >= 0.3 is 5.97 Å². The SMILES string of the molecule is O=C(CCl)N[C@@H](CCc1ccccc1)C(=O)O. The highest BCUT2D eigenvalue weighted by Gasteiger charge is 2.18. The average Bonchev–Trinajstić information content (AvgIpc) is 2.35. The Morgan fingerprint density at radius 1 is 1.29 bits per heavy atom. The Morgan fingerprint density at radius 3 is 2.47 bits per heavy atom. The number of hydrogen-bond acceptors (Lipinski definition) is 2. The lowest BCUT2D eigenvalue weighted by Crippen LogP contribution is -2.41. The molecule has 1 rings (SSSR count). The minimum absolute atomic E-state index is 0.227. The van der Waals surface area contributed by atoms with Crippen molar-refractivity contribution in [1.29, 1.82) is 0 Å².